The fraction of sp³-hybridized carbons (Fsp3) is 0.812. The largest absolute Gasteiger partial charge is 0.310 e. The third-order valence-corrected chi connectivity index (χ3v) is 4.83. The first-order valence-corrected chi connectivity index (χ1v) is 7.93. The van der Waals surface area contributed by atoms with Gasteiger partial charge in [-0.15, -0.1) is 0 Å². The number of rotatable bonds is 5. The summed E-state index contributed by atoms with van der Waals surface area (Å²) in [4.78, 5) is 0. The smallest absolute Gasteiger partial charge is 0.0537 e. The second-order valence-electron chi connectivity index (χ2n) is 6.19. The van der Waals surface area contributed by atoms with Gasteiger partial charge in [-0.2, -0.15) is 5.10 Å². The van der Waals surface area contributed by atoms with E-state index in [0.717, 1.165) is 24.8 Å². The average Bonchev–Trinajstić information content (AvgIpc) is 2.88. The second kappa shape index (κ2) is 6.56. The topological polar surface area (TPSA) is 29.9 Å². The van der Waals surface area contributed by atoms with E-state index in [9.17, 15) is 0 Å². The lowest BCUT2D eigenvalue weighted by atomic mass is 9.79. The quantitative estimate of drug-likeness (QED) is 0.872. The van der Waals surface area contributed by atoms with E-state index < -0.39 is 0 Å². The van der Waals surface area contributed by atoms with Crippen LogP contribution in [0.25, 0.3) is 0 Å². The summed E-state index contributed by atoms with van der Waals surface area (Å²) in [5.74, 6) is 1.69. The first-order valence-electron chi connectivity index (χ1n) is 7.93. The average molecular weight is 263 g/mol. The molecule has 1 saturated carbocycles. The van der Waals surface area contributed by atoms with Gasteiger partial charge in [0.2, 0.25) is 0 Å². The Bertz CT molecular complexity index is 385. The van der Waals surface area contributed by atoms with Crippen molar-refractivity contribution in [3.05, 3.63) is 18.0 Å². The summed E-state index contributed by atoms with van der Waals surface area (Å²) in [6, 6.07) is 1.07. The van der Waals surface area contributed by atoms with Crippen molar-refractivity contribution in [2.45, 2.75) is 65.5 Å². The summed E-state index contributed by atoms with van der Waals surface area (Å²) in [5, 5.41) is 8.15. The molecule has 1 N–H and O–H groups in total. The summed E-state index contributed by atoms with van der Waals surface area (Å²) >= 11 is 0. The van der Waals surface area contributed by atoms with Crippen molar-refractivity contribution in [3.63, 3.8) is 0 Å². The molecule has 4 atom stereocenters. The van der Waals surface area contributed by atoms with Crippen molar-refractivity contribution in [1.29, 1.82) is 0 Å². The molecule has 1 aliphatic rings. The lowest BCUT2D eigenvalue weighted by Gasteiger charge is -2.32. The van der Waals surface area contributed by atoms with Crippen molar-refractivity contribution < 1.29 is 0 Å². The molecule has 2 rings (SSSR count). The van der Waals surface area contributed by atoms with Gasteiger partial charge in [-0.05, 0) is 44.1 Å². The van der Waals surface area contributed by atoms with Gasteiger partial charge < -0.3 is 5.32 Å². The van der Waals surface area contributed by atoms with E-state index in [2.05, 4.69) is 55.2 Å². The van der Waals surface area contributed by atoms with Crippen LogP contribution in [-0.4, -0.2) is 16.3 Å². The fourth-order valence-corrected chi connectivity index (χ4v) is 3.24. The van der Waals surface area contributed by atoms with Gasteiger partial charge in [0.15, 0.2) is 0 Å². The maximum atomic E-state index is 4.63. The molecule has 1 aromatic heterocycles. The van der Waals surface area contributed by atoms with Crippen LogP contribution in [0.5, 0.6) is 0 Å². The monoisotopic (exact) mass is 263 g/mol. The van der Waals surface area contributed by atoms with Crippen LogP contribution < -0.4 is 5.32 Å². The van der Waals surface area contributed by atoms with E-state index >= 15 is 0 Å². The van der Waals surface area contributed by atoms with E-state index in [1.54, 1.807) is 0 Å². The zero-order valence-corrected chi connectivity index (χ0v) is 12.9. The van der Waals surface area contributed by atoms with Crippen molar-refractivity contribution in [2.24, 2.45) is 11.8 Å². The highest BCUT2D eigenvalue weighted by atomic mass is 15.3. The van der Waals surface area contributed by atoms with E-state index in [-0.39, 0.29) is 0 Å². The molecule has 0 bridgehead atoms. The minimum atomic E-state index is 0.457. The van der Waals surface area contributed by atoms with Gasteiger partial charge in [0.1, 0.15) is 0 Å². The summed E-state index contributed by atoms with van der Waals surface area (Å²) < 4.78 is 2.22. The predicted octanol–water partition coefficient (Wildman–Crippen LogP) is 3.94. The standard InChI is InChI=1S/C16H29N3/c1-5-16(17-6-2)14-10-18-19(11-14)15-8-7-12(3)13(4)9-15/h10-13,15-17H,5-9H2,1-4H3. The first-order chi connectivity index (χ1) is 9.15. The summed E-state index contributed by atoms with van der Waals surface area (Å²) in [5.41, 5.74) is 1.34. The molecular weight excluding hydrogens is 234 g/mol. The Balaban J connectivity index is 2.04. The molecule has 0 spiro atoms. The maximum absolute atomic E-state index is 4.63. The lowest BCUT2D eigenvalue weighted by molar-refractivity contribution is 0.201. The molecule has 0 saturated heterocycles. The van der Waals surface area contributed by atoms with Gasteiger partial charge in [0.05, 0.1) is 12.2 Å². The van der Waals surface area contributed by atoms with Crippen LogP contribution >= 0.6 is 0 Å². The Morgan fingerprint density at radius 3 is 2.74 bits per heavy atom. The van der Waals surface area contributed by atoms with Crippen molar-refractivity contribution in [2.75, 3.05) is 6.54 Å². The van der Waals surface area contributed by atoms with Gasteiger partial charge in [-0.3, -0.25) is 4.68 Å². The van der Waals surface area contributed by atoms with Crippen LogP contribution in [-0.2, 0) is 0 Å². The van der Waals surface area contributed by atoms with Crippen LogP contribution in [0.3, 0.4) is 0 Å². The van der Waals surface area contributed by atoms with E-state index in [1.165, 1.54) is 24.8 Å². The molecule has 19 heavy (non-hydrogen) atoms. The molecule has 3 heteroatoms. The highest BCUT2D eigenvalue weighted by Crippen LogP contribution is 2.36. The number of hydrogen-bond acceptors (Lipinski definition) is 2. The molecule has 0 aromatic carbocycles. The van der Waals surface area contributed by atoms with Crippen molar-refractivity contribution in [3.8, 4) is 0 Å². The SMILES string of the molecule is CCNC(CC)c1cnn(C2CCC(C)C(C)C2)c1. The number of hydrogen-bond donors (Lipinski definition) is 1. The van der Waals surface area contributed by atoms with Crippen LogP contribution in [0.2, 0.25) is 0 Å². The van der Waals surface area contributed by atoms with E-state index in [4.69, 9.17) is 0 Å². The predicted molar refractivity (Wildman–Crippen MR) is 80.2 cm³/mol. The van der Waals surface area contributed by atoms with Gasteiger partial charge in [-0.1, -0.05) is 27.7 Å². The van der Waals surface area contributed by atoms with Crippen molar-refractivity contribution >= 4 is 0 Å². The Morgan fingerprint density at radius 1 is 1.32 bits per heavy atom. The molecule has 0 aliphatic heterocycles. The Morgan fingerprint density at radius 2 is 2.11 bits per heavy atom. The van der Waals surface area contributed by atoms with Crippen LogP contribution in [0, 0.1) is 11.8 Å². The van der Waals surface area contributed by atoms with Crippen LogP contribution in [0.15, 0.2) is 12.4 Å². The highest BCUT2D eigenvalue weighted by molar-refractivity contribution is 5.10. The van der Waals surface area contributed by atoms with Crippen molar-refractivity contribution in [1.82, 2.24) is 15.1 Å². The molecule has 1 aromatic rings. The van der Waals surface area contributed by atoms with E-state index in [0.29, 0.717) is 12.1 Å². The minimum absolute atomic E-state index is 0.457. The minimum Gasteiger partial charge on any atom is -0.310 e. The lowest BCUT2D eigenvalue weighted by Crippen LogP contribution is -2.23. The van der Waals surface area contributed by atoms with Gasteiger partial charge >= 0.3 is 0 Å². The zero-order valence-electron chi connectivity index (χ0n) is 12.9. The van der Waals surface area contributed by atoms with E-state index in [1.807, 2.05) is 0 Å². The molecule has 108 valence electrons. The normalized spacial score (nSPS) is 29.4. The Labute approximate surface area is 117 Å². The van der Waals surface area contributed by atoms with Crippen LogP contribution in [0.4, 0.5) is 0 Å². The molecular formula is C16H29N3. The summed E-state index contributed by atoms with van der Waals surface area (Å²) in [7, 11) is 0. The molecule has 3 nitrogen and oxygen atoms in total. The first kappa shape index (κ1) is 14.6. The number of nitrogens with zero attached hydrogens (tertiary/aromatic N) is 2. The van der Waals surface area contributed by atoms with Crippen LogP contribution in [0.1, 0.15) is 71.0 Å². The summed E-state index contributed by atoms with van der Waals surface area (Å²) in [6.07, 6.45) is 9.34. The highest BCUT2D eigenvalue weighted by Gasteiger charge is 2.26. The van der Waals surface area contributed by atoms with Gasteiger partial charge in [0, 0.05) is 17.8 Å². The molecule has 0 amide bonds. The zero-order chi connectivity index (χ0) is 13.8. The third-order valence-electron chi connectivity index (χ3n) is 4.83. The molecule has 0 radical (unpaired) electrons. The third kappa shape index (κ3) is 3.38. The molecule has 1 fully saturated rings. The number of nitrogens with one attached hydrogen (secondary N) is 1. The molecule has 4 unspecified atom stereocenters. The number of aromatic nitrogens is 2. The second-order valence-corrected chi connectivity index (χ2v) is 6.19. The molecule has 1 aliphatic carbocycles. The molecule has 1 heterocycles. The summed E-state index contributed by atoms with van der Waals surface area (Å²) in [6.45, 7) is 10.2. The van der Waals surface area contributed by atoms with Gasteiger partial charge in [0.25, 0.3) is 0 Å². The Hall–Kier alpha value is -0.830. The van der Waals surface area contributed by atoms with Gasteiger partial charge in [-0.25, -0.2) is 0 Å². The maximum Gasteiger partial charge on any atom is 0.0537 e. The fourth-order valence-electron chi connectivity index (χ4n) is 3.24. The Kier molecular flexibility index (Phi) is 5.03.